The van der Waals surface area contributed by atoms with Crippen LogP contribution in [0.5, 0.6) is 0 Å². The predicted octanol–water partition coefficient (Wildman–Crippen LogP) is 5.29. The van der Waals surface area contributed by atoms with Gasteiger partial charge in [0.1, 0.15) is 5.71 Å². The highest BCUT2D eigenvalue weighted by Crippen LogP contribution is 2.44. The van der Waals surface area contributed by atoms with Crippen molar-refractivity contribution < 1.29 is 8.80 Å². The number of benzene rings is 1. The summed E-state index contributed by atoms with van der Waals surface area (Å²) in [5.41, 5.74) is 11.1. The van der Waals surface area contributed by atoms with Gasteiger partial charge in [0.25, 0.3) is 0 Å². The molecule has 0 spiro atoms. The summed E-state index contributed by atoms with van der Waals surface area (Å²) in [6, 6.07) is 9.73. The van der Waals surface area contributed by atoms with Gasteiger partial charge in [0.2, 0.25) is 0 Å². The van der Waals surface area contributed by atoms with E-state index in [1.54, 1.807) is 0 Å². The smallest absolute Gasteiger partial charge is 0.423 e. The molecule has 0 saturated carbocycles. The summed E-state index contributed by atoms with van der Waals surface area (Å²) >= 11 is 0. The first kappa shape index (κ1) is 19.0. The fourth-order valence-corrected chi connectivity index (χ4v) is 5.86. The third kappa shape index (κ3) is 2.12. The van der Waals surface area contributed by atoms with Crippen LogP contribution in [0.1, 0.15) is 63.6 Å². The number of hydrogen-bond acceptors (Lipinski definition) is 0. The van der Waals surface area contributed by atoms with Crippen molar-refractivity contribution in [2.45, 2.75) is 61.3 Å². The number of nitrogens with zero attached hydrogens (tertiary/aromatic N) is 2. The number of allylic oxidation sites excluding steroid dienone is 3. The Balaban J connectivity index is 2.21. The van der Waals surface area contributed by atoms with E-state index in [-0.39, 0.29) is 0 Å². The Morgan fingerprint density at radius 1 is 0.929 bits per heavy atom. The first-order valence-electron chi connectivity index (χ1n) is 10.4. The van der Waals surface area contributed by atoms with Crippen molar-refractivity contribution in [3.8, 4) is 0 Å². The monoisotopic (exact) mass is 376 g/mol. The number of rotatable bonds is 3. The summed E-state index contributed by atoms with van der Waals surface area (Å²) in [4.78, 5) is 0. The molecule has 0 saturated heterocycles. The summed E-state index contributed by atoms with van der Waals surface area (Å²) in [6.45, 7) is 12.3. The Hall–Kier alpha value is -2.36. The van der Waals surface area contributed by atoms with Crippen LogP contribution in [0.15, 0.2) is 47.2 Å². The van der Waals surface area contributed by atoms with E-state index in [1.165, 1.54) is 27.8 Å². The highest BCUT2D eigenvalue weighted by atomic mass is 19.1. The van der Waals surface area contributed by atoms with E-state index in [0.717, 1.165) is 41.1 Å². The first-order valence-corrected chi connectivity index (χ1v) is 10.4. The van der Waals surface area contributed by atoms with Crippen LogP contribution in [0.2, 0.25) is 0 Å². The van der Waals surface area contributed by atoms with E-state index in [9.17, 15) is 0 Å². The lowest BCUT2D eigenvalue weighted by molar-refractivity contribution is -0.346. The van der Waals surface area contributed by atoms with Gasteiger partial charge in [-0.15, -0.1) is 0 Å². The maximum Gasteiger partial charge on any atom is 0.578 e. The van der Waals surface area contributed by atoms with Crippen molar-refractivity contribution in [3.63, 3.8) is 0 Å². The molecular weight excluding hydrogens is 346 g/mol. The van der Waals surface area contributed by atoms with Gasteiger partial charge in [-0.1, -0.05) is 49.6 Å². The van der Waals surface area contributed by atoms with Gasteiger partial charge in [0, 0.05) is 29.3 Å². The van der Waals surface area contributed by atoms with Crippen LogP contribution in [0.25, 0.3) is 5.57 Å². The minimum atomic E-state index is -2.65. The lowest BCUT2D eigenvalue weighted by Gasteiger charge is -2.39. The molecule has 0 amide bonds. The molecule has 4 heteroatoms. The predicted molar refractivity (Wildman–Crippen MR) is 118 cm³/mol. The molecule has 1 atom stereocenters. The van der Waals surface area contributed by atoms with E-state index in [1.807, 2.05) is 39.3 Å². The summed E-state index contributed by atoms with van der Waals surface area (Å²) in [5.74, 6) is 0. The van der Waals surface area contributed by atoms with Crippen LogP contribution in [0.4, 0.5) is 4.32 Å². The van der Waals surface area contributed by atoms with Crippen molar-refractivity contribution >= 4 is 23.4 Å². The number of halogens is 1. The van der Waals surface area contributed by atoms with Gasteiger partial charge in [-0.2, -0.15) is 0 Å². The number of aromatic nitrogens is 1. The van der Waals surface area contributed by atoms with E-state index in [0.29, 0.717) is 0 Å². The van der Waals surface area contributed by atoms with Crippen molar-refractivity contribution in [1.82, 2.24) is 4.48 Å². The third-order valence-electron chi connectivity index (χ3n) is 7.02. The van der Waals surface area contributed by atoms with Crippen LogP contribution in [-0.2, 0) is 6.42 Å². The van der Waals surface area contributed by atoms with Crippen LogP contribution in [0.3, 0.4) is 0 Å². The molecule has 28 heavy (non-hydrogen) atoms. The summed E-state index contributed by atoms with van der Waals surface area (Å²) in [6.07, 6.45) is 1.83. The van der Waals surface area contributed by atoms with Crippen molar-refractivity contribution in [2.24, 2.45) is 0 Å². The molecule has 2 aliphatic heterocycles. The third-order valence-corrected chi connectivity index (χ3v) is 7.02. The van der Waals surface area contributed by atoms with Gasteiger partial charge in [-0.25, -0.2) is 0 Å². The van der Waals surface area contributed by atoms with Crippen LogP contribution in [0, 0.1) is 13.8 Å². The van der Waals surface area contributed by atoms with Crippen molar-refractivity contribution in [3.05, 3.63) is 69.7 Å². The highest BCUT2D eigenvalue weighted by Gasteiger charge is 2.54. The largest absolute Gasteiger partial charge is 0.578 e. The zero-order valence-electron chi connectivity index (χ0n) is 18.2. The van der Waals surface area contributed by atoms with Gasteiger partial charge in [-0.05, 0) is 57.4 Å². The Morgan fingerprint density at radius 2 is 1.57 bits per heavy atom. The second-order valence-electron chi connectivity index (χ2n) is 8.24. The van der Waals surface area contributed by atoms with Gasteiger partial charge >= 0.3 is 6.69 Å². The first-order chi connectivity index (χ1) is 13.3. The Labute approximate surface area is 168 Å². The van der Waals surface area contributed by atoms with Crippen LogP contribution >= 0.6 is 0 Å². The zero-order chi connectivity index (χ0) is 20.4. The van der Waals surface area contributed by atoms with Gasteiger partial charge < -0.3 is 13.3 Å². The molecule has 0 bridgehead atoms. The second-order valence-corrected chi connectivity index (χ2v) is 8.24. The fourth-order valence-electron chi connectivity index (χ4n) is 5.86. The maximum atomic E-state index is 17.6. The molecule has 1 unspecified atom stereocenters. The second kappa shape index (κ2) is 6.33. The Morgan fingerprint density at radius 3 is 2.14 bits per heavy atom. The summed E-state index contributed by atoms with van der Waals surface area (Å²) < 4.78 is 21.6. The molecule has 146 valence electrons. The normalized spacial score (nSPS) is 21.6. The van der Waals surface area contributed by atoms with Crippen molar-refractivity contribution in [1.29, 1.82) is 0 Å². The average molecular weight is 376 g/mol. The molecule has 1 aromatic carbocycles. The fraction of sp³-hybridized carbons (Fsp3) is 0.375. The number of fused-ring (bicyclic) bond motifs is 2. The maximum absolute atomic E-state index is 17.6. The minimum absolute atomic E-state index is 0.735. The van der Waals surface area contributed by atoms with E-state index in [2.05, 4.69) is 48.5 Å². The van der Waals surface area contributed by atoms with E-state index < -0.39 is 6.69 Å². The van der Waals surface area contributed by atoms with E-state index >= 15 is 4.32 Å². The summed E-state index contributed by atoms with van der Waals surface area (Å²) in [7, 11) is 0. The molecule has 2 aromatic rings. The minimum Gasteiger partial charge on any atom is -0.423 e. The SMILES string of the molecule is CCC1=C(C)C2=C(C)c3c(C)c(CC)c(C)n3[B-](F)(c3ccccc3)[N+]2=C1C. The van der Waals surface area contributed by atoms with Gasteiger partial charge in [-0.3, -0.25) is 0 Å². The molecule has 1 aromatic heterocycles. The van der Waals surface area contributed by atoms with Crippen LogP contribution in [-0.4, -0.2) is 21.4 Å². The van der Waals surface area contributed by atoms with Crippen LogP contribution < -0.4 is 5.46 Å². The topological polar surface area (TPSA) is 7.94 Å². The molecular formula is C24H30BFN2. The summed E-state index contributed by atoms with van der Waals surface area (Å²) in [5, 5.41) is 0. The van der Waals surface area contributed by atoms with Gasteiger partial charge in [0.15, 0.2) is 5.70 Å². The van der Waals surface area contributed by atoms with Crippen molar-refractivity contribution in [2.75, 3.05) is 0 Å². The average Bonchev–Trinajstić information content (AvgIpc) is 3.11. The Kier molecular flexibility index (Phi) is 4.29. The highest BCUT2D eigenvalue weighted by molar-refractivity contribution is 6.79. The molecule has 0 radical (unpaired) electrons. The lowest BCUT2D eigenvalue weighted by Crippen LogP contribution is -2.63. The number of hydrogen-bond donors (Lipinski definition) is 0. The molecule has 3 heterocycles. The zero-order valence-corrected chi connectivity index (χ0v) is 18.2. The molecule has 0 N–H and O–H groups in total. The molecule has 4 rings (SSSR count). The Bertz CT molecular complexity index is 1090. The standard InChI is InChI=1S/C24H30BFN2/c1-8-21-15(3)23-17(5)24-16(4)22(9-2)19(7)28(24)25(26,27(23)18(21)6)20-13-11-10-12-14-20/h10-14H,8-9H2,1-7H3. The van der Waals surface area contributed by atoms with Gasteiger partial charge in [0.05, 0.1) is 0 Å². The lowest BCUT2D eigenvalue weighted by atomic mass is 9.58. The quantitative estimate of drug-likeness (QED) is 0.644. The molecule has 2 aliphatic rings. The van der Waals surface area contributed by atoms with E-state index in [4.69, 9.17) is 0 Å². The molecule has 0 fully saturated rings. The molecule has 2 nitrogen and oxygen atoms in total. The molecule has 0 aliphatic carbocycles.